The average Bonchev–Trinajstić information content (AvgIpc) is 3.27. The first-order valence-electron chi connectivity index (χ1n) is 9.06. The van der Waals surface area contributed by atoms with Gasteiger partial charge in [-0.1, -0.05) is 12.1 Å². The van der Waals surface area contributed by atoms with Crippen LogP contribution in [0.3, 0.4) is 0 Å². The standard InChI is InChI=1S/C21H23N5O3/c1-24(2)18-8-4-16(5-9-18)12-25(3)20(27)13-29-21(28)17-6-10-19(11-7-17)26-15-22-14-23-26/h4-11,14-15H,12-13H2,1-3H3. The number of likely N-dealkylation sites (N-methyl/N-ethyl adjacent to an activating group) is 1. The van der Waals surface area contributed by atoms with Crippen LogP contribution in [0.5, 0.6) is 0 Å². The van der Waals surface area contributed by atoms with E-state index in [1.807, 2.05) is 43.3 Å². The molecule has 0 saturated heterocycles. The van der Waals surface area contributed by atoms with E-state index >= 15 is 0 Å². The van der Waals surface area contributed by atoms with Gasteiger partial charge in [0.1, 0.15) is 12.7 Å². The molecule has 2 aromatic carbocycles. The van der Waals surface area contributed by atoms with Crippen molar-refractivity contribution >= 4 is 17.6 Å². The van der Waals surface area contributed by atoms with Gasteiger partial charge in [-0.25, -0.2) is 14.5 Å². The average molecular weight is 393 g/mol. The molecular formula is C21H23N5O3. The molecule has 0 unspecified atom stereocenters. The Hall–Kier alpha value is -3.68. The molecule has 0 aliphatic heterocycles. The Labute approximate surface area is 169 Å². The van der Waals surface area contributed by atoms with Crippen LogP contribution in [0.1, 0.15) is 15.9 Å². The quantitative estimate of drug-likeness (QED) is 0.572. The third-order valence-corrected chi connectivity index (χ3v) is 4.41. The topological polar surface area (TPSA) is 80.6 Å². The summed E-state index contributed by atoms with van der Waals surface area (Å²) in [6.07, 6.45) is 3.00. The lowest BCUT2D eigenvalue weighted by molar-refractivity contribution is -0.133. The third kappa shape index (κ3) is 5.19. The van der Waals surface area contributed by atoms with E-state index in [1.54, 1.807) is 42.3 Å². The van der Waals surface area contributed by atoms with E-state index in [9.17, 15) is 9.59 Å². The number of hydrogen-bond acceptors (Lipinski definition) is 6. The summed E-state index contributed by atoms with van der Waals surface area (Å²) in [7, 11) is 5.63. The predicted molar refractivity (Wildman–Crippen MR) is 109 cm³/mol. The highest BCUT2D eigenvalue weighted by Gasteiger charge is 2.14. The van der Waals surface area contributed by atoms with E-state index in [2.05, 4.69) is 10.1 Å². The second-order valence-electron chi connectivity index (χ2n) is 6.77. The minimum atomic E-state index is -0.549. The summed E-state index contributed by atoms with van der Waals surface area (Å²) < 4.78 is 6.74. The molecule has 29 heavy (non-hydrogen) atoms. The van der Waals surface area contributed by atoms with E-state index in [-0.39, 0.29) is 12.5 Å². The number of anilines is 1. The van der Waals surface area contributed by atoms with Crippen molar-refractivity contribution in [1.82, 2.24) is 19.7 Å². The lowest BCUT2D eigenvalue weighted by atomic mass is 10.2. The van der Waals surface area contributed by atoms with Gasteiger partial charge in [-0.3, -0.25) is 4.79 Å². The molecule has 3 rings (SSSR count). The van der Waals surface area contributed by atoms with Gasteiger partial charge in [0.25, 0.3) is 5.91 Å². The van der Waals surface area contributed by atoms with Crippen LogP contribution in [-0.4, -0.2) is 59.3 Å². The first-order valence-corrected chi connectivity index (χ1v) is 9.06. The molecule has 0 radical (unpaired) electrons. The summed E-state index contributed by atoms with van der Waals surface area (Å²) in [4.78, 5) is 31.9. The highest BCUT2D eigenvalue weighted by Crippen LogP contribution is 2.14. The fraction of sp³-hybridized carbons (Fsp3) is 0.238. The maximum absolute atomic E-state index is 12.3. The summed E-state index contributed by atoms with van der Waals surface area (Å²) in [6, 6.07) is 14.7. The maximum Gasteiger partial charge on any atom is 0.338 e. The molecule has 0 bridgehead atoms. The van der Waals surface area contributed by atoms with E-state index < -0.39 is 5.97 Å². The number of nitrogens with zero attached hydrogens (tertiary/aromatic N) is 5. The molecule has 0 fully saturated rings. The Morgan fingerprint density at radius 3 is 2.28 bits per heavy atom. The van der Waals surface area contributed by atoms with Crippen molar-refractivity contribution in [1.29, 1.82) is 0 Å². The first kappa shape index (κ1) is 20.1. The van der Waals surface area contributed by atoms with E-state index in [1.165, 1.54) is 11.2 Å². The molecule has 0 N–H and O–H groups in total. The Kier molecular flexibility index (Phi) is 6.23. The number of carbonyl (C=O) groups excluding carboxylic acids is 2. The molecule has 0 atom stereocenters. The van der Waals surface area contributed by atoms with Crippen molar-refractivity contribution in [2.75, 3.05) is 32.6 Å². The largest absolute Gasteiger partial charge is 0.452 e. The normalized spacial score (nSPS) is 10.4. The van der Waals surface area contributed by atoms with Gasteiger partial charge in [0.05, 0.1) is 11.3 Å². The minimum Gasteiger partial charge on any atom is -0.452 e. The number of rotatable bonds is 7. The highest BCUT2D eigenvalue weighted by molar-refractivity contribution is 5.91. The Balaban J connectivity index is 1.50. The van der Waals surface area contributed by atoms with Crippen LogP contribution in [0.2, 0.25) is 0 Å². The molecule has 0 saturated carbocycles. The lowest BCUT2D eigenvalue weighted by Gasteiger charge is -2.18. The van der Waals surface area contributed by atoms with Crippen molar-refractivity contribution in [2.45, 2.75) is 6.54 Å². The SMILES string of the molecule is CN(Cc1ccc(N(C)C)cc1)C(=O)COC(=O)c1ccc(-n2cncn2)cc1. The van der Waals surface area contributed by atoms with Gasteiger partial charge in [0.15, 0.2) is 6.61 Å². The summed E-state index contributed by atoms with van der Waals surface area (Å²) >= 11 is 0. The van der Waals surface area contributed by atoms with E-state index in [0.717, 1.165) is 16.9 Å². The molecule has 3 aromatic rings. The molecule has 8 nitrogen and oxygen atoms in total. The van der Waals surface area contributed by atoms with Crippen LogP contribution in [0.4, 0.5) is 5.69 Å². The molecule has 8 heteroatoms. The zero-order valence-electron chi connectivity index (χ0n) is 16.6. The van der Waals surface area contributed by atoms with Crippen molar-refractivity contribution in [3.8, 4) is 5.69 Å². The molecule has 0 aliphatic rings. The molecule has 1 heterocycles. The Morgan fingerprint density at radius 1 is 1.00 bits per heavy atom. The zero-order chi connectivity index (χ0) is 20.8. The van der Waals surface area contributed by atoms with Crippen LogP contribution in [0, 0.1) is 0 Å². The Morgan fingerprint density at radius 2 is 1.69 bits per heavy atom. The van der Waals surface area contributed by atoms with Gasteiger partial charge in [-0.05, 0) is 42.0 Å². The minimum absolute atomic E-state index is 0.269. The van der Waals surface area contributed by atoms with Crippen LogP contribution >= 0.6 is 0 Å². The van der Waals surface area contributed by atoms with Gasteiger partial charge in [0, 0.05) is 33.4 Å². The number of esters is 1. The smallest absolute Gasteiger partial charge is 0.338 e. The summed E-state index contributed by atoms with van der Waals surface area (Å²) in [6.45, 7) is 0.132. The molecule has 1 aromatic heterocycles. The van der Waals surface area contributed by atoms with Gasteiger partial charge in [0.2, 0.25) is 0 Å². The fourth-order valence-electron chi connectivity index (χ4n) is 2.67. The number of ether oxygens (including phenoxy) is 1. The number of hydrogen-bond donors (Lipinski definition) is 0. The van der Waals surface area contributed by atoms with Gasteiger partial charge < -0.3 is 14.5 Å². The number of aromatic nitrogens is 3. The number of amides is 1. The van der Waals surface area contributed by atoms with E-state index in [4.69, 9.17) is 4.74 Å². The van der Waals surface area contributed by atoms with Crippen molar-refractivity contribution in [3.63, 3.8) is 0 Å². The fourth-order valence-corrected chi connectivity index (χ4v) is 2.67. The molecule has 0 spiro atoms. The van der Waals surface area contributed by atoms with Crippen LogP contribution in [0.15, 0.2) is 61.2 Å². The number of benzene rings is 2. The van der Waals surface area contributed by atoms with Crippen molar-refractivity contribution in [2.24, 2.45) is 0 Å². The summed E-state index contributed by atoms with van der Waals surface area (Å²) in [5.41, 5.74) is 3.23. The number of carbonyl (C=O) groups is 2. The third-order valence-electron chi connectivity index (χ3n) is 4.41. The predicted octanol–water partition coefficient (Wildman–Crippen LogP) is 2.15. The molecule has 0 aliphatic carbocycles. The van der Waals surface area contributed by atoms with Gasteiger partial charge in [-0.15, -0.1) is 0 Å². The second-order valence-corrected chi connectivity index (χ2v) is 6.77. The first-order chi connectivity index (χ1) is 13.9. The summed E-state index contributed by atoms with van der Waals surface area (Å²) in [5, 5.41) is 4.02. The van der Waals surface area contributed by atoms with Crippen LogP contribution in [-0.2, 0) is 16.1 Å². The van der Waals surface area contributed by atoms with Crippen molar-refractivity contribution in [3.05, 3.63) is 72.3 Å². The van der Waals surface area contributed by atoms with Crippen LogP contribution in [0.25, 0.3) is 5.69 Å². The Bertz CT molecular complexity index is 951. The van der Waals surface area contributed by atoms with Gasteiger partial charge >= 0.3 is 5.97 Å². The maximum atomic E-state index is 12.3. The second kappa shape index (κ2) is 9.01. The summed E-state index contributed by atoms with van der Waals surface area (Å²) in [5.74, 6) is -0.818. The molecule has 150 valence electrons. The molecule has 1 amide bonds. The van der Waals surface area contributed by atoms with Gasteiger partial charge in [-0.2, -0.15) is 5.10 Å². The lowest BCUT2D eigenvalue weighted by Crippen LogP contribution is -2.30. The molecular weight excluding hydrogens is 370 g/mol. The van der Waals surface area contributed by atoms with Crippen molar-refractivity contribution < 1.29 is 14.3 Å². The van der Waals surface area contributed by atoms with Crippen LogP contribution < -0.4 is 4.90 Å². The monoisotopic (exact) mass is 393 g/mol. The highest BCUT2D eigenvalue weighted by atomic mass is 16.5. The zero-order valence-corrected chi connectivity index (χ0v) is 16.6. The van der Waals surface area contributed by atoms with E-state index in [0.29, 0.717) is 12.1 Å².